The molecule has 0 bridgehead atoms. The molecule has 1 fully saturated rings. The van der Waals surface area contributed by atoms with Crippen molar-refractivity contribution in [1.29, 1.82) is 0 Å². The van der Waals surface area contributed by atoms with Crippen LogP contribution in [0.5, 0.6) is 0 Å². The van der Waals surface area contributed by atoms with Crippen LogP contribution in [0, 0.1) is 6.92 Å². The van der Waals surface area contributed by atoms with E-state index in [-0.39, 0.29) is 6.10 Å². The second-order valence-electron chi connectivity index (χ2n) is 5.39. The lowest BCUT2D eigenvalue weighted by Gasteiger charge is -2.32. The molecule has 1 unspecified atom stereocenters. The monoisotopic (exact) mass is 278 g/mol. The van der Waals surface area contributed by atoms with Crippen molar-refractivity contribution in [2.45, 2.75) is 20.0 Å². The number of benzene rings is 1. The molecule has 0 aromatic heterocycles. The number of β-amino-alcohol motifs (C(OH)–C–C–N with tert-alkyl or cyclic N) is 1. The smallest absolute Gasteiger partial charge is 0.0841 e. The van der Waals surface area contributed by atoms with Crippen molar-refractivity contribution in [1.82, 2.24) is 4.90 Å². The Morgan fingerprint density at radius 3 is 2.65 bits per heavy atom. The van der Waals surface area contributed by atoms with Crippen LogP contribution in [0.3, 0.4) is 0 Å². The number of anilines is 1. The van der Waals surface area contributed by atoms with E-state index in [9.17, 15) is 5.11 Å². The predicted octanol–water partition coefficient (Wildman–Crippen LogP) is 1.51. The normalized spacial score (nSPS) is 17.9. The lowest BCUT2D eigenvalue weighted by molar-refractivity contribution is 0.0161. The number of morpholine rings is 1. The van der Waals surface area contributed by atoms with Gasteiger partial charge in [-0.3, -0.25) is 4.90 Å². The molecule has 0 spiro atoms. The lowest BCUT2D eigenvalue weighted by Crippen LogP contribution is -2.44. The van der Waals surface area contributed by atoms with Gasteiger partial charge in [0.05, 0.1) is 19.3 Å². The molecule has 1 N–H and O–H groups in total. The Morgan fingerprint density at radius 1 is 1.30 bits per heavy atom. The minimum Gasteiger partial charge on any atom is -0.390 e. The van der Waals surface area contributed by atoms with Crippen LogP contribution in [-0.4, -0.2) is 62.0 Å². The highest BCUT2D eigenvalue weighted by Crippen LogP contribution is 2.19. The van der Waals surface area contributed by atoms with Gasteiger partial charge in [0, 0.05) is 38.4 Å². The molecule has 4 nitrogen and oxygen atoms in total. The van der Waals surface area contributed by atoms with Gasteiger partial charge in [-0.25, -0.2) is 0 Å². The average Bonchev–Trinajstić information content (AvgIpc) is 2.46. The summed E-state index contributed by atoms with van der Waals surface area (Å²) in [6.07, 6.45) is -0.326. The summed E-state index contributed by atoms with van der Waals surface area (Å²) >= 11 is 0. The number of aryl methyl sites for hydroxylation is 1. The Labute approximate surface area is 122 Å². The molecule has 20 heavy (non-hydrogen) atoms. The first-order chi connectivity index (χ1) is 9.70. The zero-order valence-corrected chi connectivity index (χ0v) is 12.6. The molecule has 4 heteroatoms. The maximum absolute atomic E-state index is 10.3. The minimum absolute atomic E-state index is 0.326. The highest BCUT2D eigenvalue weighted by Gasteiger charge is 2.17. The van der Waals surface area contributed by atoms with Crippen molar-refractivity contribution >= 4 is 5.69 Å². The van der Waals surface area contributed by atoms with E-state index in [4.69, 9.17) is 4.74 Å². The quantitative estimate of drug-likeness (QED) is 0.856. The fourth-order valence-corrected chi connectivity index (χ4v) is 2.71. The zero-order chi connectivity index (χ0) is 14.4. The van der Waals surface area contributed by atoms with Crippen molar-refractivity contribution < 1.29 is 9.84 Å². The zero-order valence-electron chi connectivity index (χ0n) is 12.6. The number of aliphatic hydroxyl groups is 1. The van der Waals surface area contributed by atoms with Gasteiger partial charge in [0.25, 0.3) is 0 Å². The number of hydrogen-bond acceptors (Lipinski definition) is 4. The molecular weight excluding hydrogens is 252 g/mol. The second-order valence-corrected chi connectivity index (χ2v) is 5.39. The van der Waals surface area contributed by atoms with E-state index in [1.807, 2.05) is 0 Å². The highest BCUT2D eigenvalue weighted by molar-refractivity contribution is 5.52. The van der Waals surface area contributed by atoms with Gasteiger partial charge in [-0.15, -0.1) is 0 Å². The maximum atomic E-state index is 10.3. The lowest BCUT2D eigenvalue weighted by atomic mass is 10.1. The minimum atomic E-state index is -0.326. The van der Waals surface area contributed by atoms with Crippen molar-refractivity contribution in [3.63, 3.8) is 0 Å². The molecule has 0 amide bonds. The summed E-state index contributed by atoms with van der Waals surface area (Å²) in [4.78, 5) is 4.53. The van der Waals surface area contributed by atoms with Crippen LogP contribution in [0.2, 0.25) is 0 Å². The molecule has 0 aliphatic carbocycles. The molecule has 1 saturated heterocycles. The van der Waals surface area contributed by atoms with E-state index in [1.165, 1.54) is 11.3 Å². The van der Waals surface area contributed by atoms with Gasteiger partial charge >= 0.3 is 0 Å². The molecule has 1 atom stereocenters. The van der Waals surface area contributed by atoms with E-state index >= 15 is 0 Å². The Balaban J connectivity index is 1.90. The molecule has 1 aromatic rings. The highest BCUT2D eigenvalue weighted by atomic mass is 16.5. The molecule has 1 aliphatic heterocycles. The van der Waals surface area contributed by atoms with E-state index < -0.39 is 0 Å². The molecule has 1 aliphatic rings. The molecule has 1 aromatic carbocycles. The maximum Gasteiger partial charge on any atom is 0.0841 e. The number of ether oxygens (including phenoxy) is 1. The largest absolute Gasteiger partial charge is 0.390 e. The van der Waals surface area contributed by atoms with Crippen molar-refractivity contribution in [2.75, 3.05) is 50.8 Å². The van der Waals surface area contributed by atoms with Gasteiger partial charge in [0.2, 0.25) is 0 Å². The van der Waals surface area contributed by atoms with Crippen LogP contribution in [0.15, 0.2) is 24.3 Å². The van der Waals surface area contributed by atoms with Crippen LogP contribution in [-0.2, 0) is 4.74 Å². The van der Waals surface area contributed by atoms with Gasteiger partial charge in [-0.2, -0.15) is 0 Å². The SMILES string of the molecule is CCN(CC(O)CN1CCOCC1)c1ccccc1C. The van der Waals surface area contributed by atoms with Gasteiger partial charge in [0.15, 0.2) is 0 Å². The average molecular weight is 278 g/mol. The Hall–Kier alpha value is -1.10. The van der Waals surface area contributed by atoms with Crippen LogP contribution in [0.25, 0.3) is 0 Å². The number of nitrogens with zero attached hydrogens (tertiary/aromatic N) is 2. The number of rotatable bonds is 6. The van der Waals surface area contributed by atoms with E-state index in [0.717, 1.165) is 39.4 Å². The molecule has 0 radical (unpaired) electrons. The van der Waals surface area contributed by atoms with Crippen LogP contribution in [0.1, 0.15) is 12.5 Å². The summed E-state index contributed by atoms with van der Waals surface area (Å²) in [5.74, 6) is 0. The molecule has 1 heterocycles. The van der Waals surface area contributed by atoms with E-state index in [1.54, 1.807) is 0 Å². The number of likely N-dealkylation sites (N-methyl/N-ethyl adjacent to an activating group) is 1. The van der Waals surface area contributed by atoms with Gasteiger partial charge in [-0.05, 0) is 25.5 Å². The van der Waals surface area contributed by atoms with E-state index in [2.05, 4.69) is 47.9 Å². The summed E-state index contributed by atoms with van der Waals surface area (Å²) in [5.41, 5.74) is 2.48. The Morgan fingerprint density at radius 2 is 2.00 bits per heavy atom. The number of aliphatic hydroxyl groups excluding tert-OH is 1. The summed E-state index contributed by atoms with van der Waals surface area (Å²) < 4.78 is 5.33. The van der Waals surface area contributed by atoms with Crippen molar-refractivity contribution in [3.05, 3.63) is 29.8 Å². The summed E-state index contributed by atoms with van der Waals surface area (Å²) in [6.45, 7) is 9.97. The number of hydrogen-bond donors (Lipinski definition) is 1. The van der Waals surface area contributed by atoms with Gasteiger partial charge < -0.3 is 14.7 Å². The summed E-state index contributed by atoms with van der Waals surface area (Å²) in [7, 11) is 0. The Bertz CT molecular complexity index is 405. The summed E-state index contributed by atoms with van der Waals surface area (Å²) in [5, 5.41) is 10.3. The van der Waals surface area contributed by atoms with Crippen LogP contribution in [0.4, 0.5) is 5.69 Å². The first-order valence-corrected chi connectivity index (χ1v) is 7.49. The van der Waals surface area contributed by atoms with Crippen LogP contribution < -0.4 is 4.90 Å². The topological polar surface area (TPSA) is 35.9 Å². The van der Waals surface area contributed by atoms with E-state index in [0.29, 0.717) is 6.54 Å². The second kappa shape index (κ2) is 7.62. The van der Waals surface area contributed by atoms with Crippen molar-refractivity contribution in [3.8, 4) is 0 Å². The number of para-hydroxylation sites is 1. The first kappa shape index (κ1) is 15.3. The predicted molar refractivity (Wildman–Crippen MR) is 82.3 cm³/mol. The van der Waals surface area contributed by atoms with Gasteiger partial charge in [0.1, 0.15) is 0 Å². The third-order valence-corrected chi connectivity index (χ3v) is 3.84. The van der Waals surface area contributed by atoms with Crippen molar-refractivity contribution in [2.24, 2.45) is 0 Å². The standard InChI is InChI=1S/C16H26N2O2/c1-3-18(16-7-5-4-6-14(16)2)13-15(19)12-17-8-10-20-11-9-17/h4-7,15,19H,3,8-13H2,1-2H3. The third kappa shape index (κ3) is 4.20. The third-order valence-electron chi connectivity index (χ3n) is 3.84. The van der Waals surface area contributed by atoms with Gasteiger partial charge in [-0.1, -0.05) is 18.2 Å². The first-order valence-electron chi connectivity index (χ1n) is 7.49. The molecular formula is C16H26N2O2. The molecule has 112 valence electrons. The molecule has 2 rings (SSSR count). The Kier molecular flexibility index (Phi) is 5.83. The fourth-order valence-electron chi connectivity index (χ4n) is 2.71. The van der Waals surface area contributed by atoms with Crippen LogP contribution >= 0.6 is 0 Å². The molecule has 0 saturated carbocycles. The fraction of sp³-hybridized carbons (Fsp3) is 0.625. The summed E-state index contributed by atoms with van der Waals surface area (Å²) in [6, 6.07) is 8.35.